The average Bonchev–Trinajstić information content (AvgIpc) is 3.20. The van der Waals surface area contributed by atoms with E-state index in [0.29, 0.717) is 13.2 Å². The first kappa shape index (κ1) is 18.5. The number of carbonyl (C=O) groups is 1. The summed E-state index contributed by atoms with van der Waals surface area (Å²) in [6.07, 6.45) is 8.80. The number of aromatic nitrogens is 2. The Hall–Kier alpha value is -3.34. The van der Waals surface area contributed by atoms with Crippen molar-refractivity contribution in [2.45, 2.75) is 20.0 Å². The number of para-hydroxylation sites is 1. The summed E-state index contributed by atoms with van der Waals surface area (Å²) in [5.74, 6) is 0.640. The third-order valence-corrected chi connectivity index (χ3v) is 4.05. The molecule has 0 fully saturated rings. The van der Waals surface area contributed by atoms with Crippen molar-refractivity contribution in [3.63, 3.8) is 0 Å². The number of hydrogen-bond donors (Lipinski definition) is 1. The Labute approximate surface area is 159 Å². The molecule has 0 spiro atoms. The smallest absolute Gasteiger partial charge is 0.244 e. The Bertz CT molecular complexity index is 884. The molecule has 5 heteroatoms. The molecule has 0 saturated carbocycles. The van der Waals surface area contributed by atoms with Gasteiger partial charge in [-0.25, -0.2) is 4.98 Å². The Kier molecular flexibility index (Phi) is 6.41. The summed E-state index contributed by atoms with van der Waals surface area (Å²) in [5.41, 5.74) is 3.13. The number of rotatable bonds is 8. The van der Waals surface area contributed by atoms with E-state index in [1.54, 1.807) is 18.6 Å². The second-order valence-electron chi connectivity index (χ2n) is 6.07. The number of nitrogens with one attached hydrogen (secondary N) is 1. The highest BCUT2D eigenvalue weighted by atomic mass is 16.5. The molecule has 0 radical (unpaired) electrons. The van der Waals surface area contributed by atoms with E-state index >= 15 is 0 Å². The molecule has 1 amide bonds. The van der Waals surface area contributed by atoms with Crippen LogP contribution in [0.1, 0.15) is 23.6 Å². The molecule has 0 bridgehead atoms. The van der Waals surface area contributed by atoms with Crippen molar-refractivity contribution in [1.82, 2.24) is 14.9 Å². The first-order valence-corrected chi connectivity index (χ1v) is 8.96. The third-order valence-electron chi connectivity index (χ3n) is 4.05. The van der Waals surface area contributed by atoms with Gasteiger partial charge in [0.25, 0.3) is 0 Å². The van der Waals surface area contributed by atoms with Gasteiger partial charge in [0.05, 0.1) is 12.9 Å². The van der Waals surface area contributed by atoms with Gasteiger partial charge in [-0.1, -0.05) is 42.5 Å². The van der Waals surface area contributed by atoms with Crippen LogP contribution in [-0.2, 0) is 17.9 Å². The van der Waals surface area contributed by atoms with Gasteiger partial charge in [0.2, 0.25) is 5.91 Å². The van der Waals surface area contributed by atoms with Crippen LogP contribution in [0.25, 0.3) is 6.08 Å². The van der Waals surface area contributed by atoms with Gasteiger partial charge in [0.1, 0.15) is 5.75 Å². The predicted octanol–water partition coefficient (Wildman–Crippen LogP) is 3.66. The van der Waals surface area contributed by atoms with Gasteiger partial charge in [-0.2, -0.15) is 0 Å². The maximum atomic E-state index is 12.1. The topological polar surface area (TPSA) is 56.1 Å². The van der Waals surface area contributed by atoms with Gasteiger partial charge in [-0.05, 0) is 30.2 Å². The second kappa shape index (κ2) is 9.38. The van der Waals surface area contributed by atoms with Crippen molar-refractivity contribution in [2.24, 2.45) is 0 Å². The van der Waals surface area contributed by atoms with E-state index in [9.17, 15) is 4.79 Å². The van der Waals surface area contributed by atoms with E-state index in [0.717, 1.165) is 23.4 Å². The molecule has 1 N–H and O–H groups in total. The number of nitrogens with zero attached hydrogens (tertiary/aromatic N) is 2. The molecule has 2 aromatic carbocycles. The Morgan fingerprint density at radius 2 is 1.93 bits per heavy atom. The molecular formula is C22H23N3O2. The largest absolute Gasteiger partial charge is 0.493 e. The minimum atomic E-state index is -0.135. The van der Waals surface area contributed by atoms with Crippen molar-refractivity contribution in [1.29, 1.82) is 0 Å². The SMILES string of the molecule is CCOc1ccccc1/C=C/C(=O)NCc1ccc(Cn2ccnc2)cc1. The summed E-state index contributed by atoms with van der Waals surface area (Å²) in [5, 5.41) is 2.90. The molecule has 138 valence electrons. The highest BCUT2D eigenvalue weighted by molar-refractivity contribution is 5.92. The summed E-state index contributed by atoms with van der Waals surface area (Å²) in [6.45, 7) is 3.80. The molecule has 1 aromatic heterocycles. The molecule has 5 nitrogen and oxygen atoms in total. The van der Waals surface area contributed by atoms with Crippen molar-refractivity contribution in [3.8, 4) is 5.75 Å². The number of imidazole rings is 1. The van der Waals surface area contributed by atoms with Crippen LogP contribution in [0.5, 0.6) is 5.75 Å². The predicted molar refractivity (Wildman–Crippen MR) is 106 cm³/mol. The van der Waals surface area contributed by atoms with Crippen LogP contribution in [0.15, 0.2) is 73.3 Å². The summed E-state index contributed by atoms with van der Waals surface area (Å²) < 4.78 is 7.57. The molecule has 27 heavy (non-hydrogen) atoms. The van der Waals surface area contributed by atoms with E-state index in [4.69, 9.17) is 4.74 Å². The Morgan fingerprint density at radius 1 is 1.15 bits per heavy atom. The van der Waals surface area contributed by atoms with Crippen molar-refractivity contribution >= 4 is 12.0 Å². The van der Waals surface area contributed by atoms with E-state index in [1.165, 1.54) is 11.6 Å². The third kappa shape index (κ3) is 5.57. The van der Waals surface area contributed by atoms with Gasteiger partial charge < -0.3 is 14.6 Å². The Balaban J connectivity index is 1.51. The fourth-order valence-corrected chi connectivity index (χ4v) is 2.67. The lowest BCUT2D eigenvalue weighted by Gasteiger charge is -2.07. The first-order valence-electron chi connectivity index (χ1n) is 8.96. The normalized spacial score (nSPS) is 10.9. The Morgan fingerprint density at radius 3 is 2.67 bits per heavy atom. The standard InChI is InChI=1S/C22H23N3O2/c1-2-27-21-6-4-3-5-20(21)11-12-22(26)24-15-18-7-9-19(10-8-18)16-25-14-13-23-17-25/h3-14,17H,2,15-16H2,1H3,(H,24,26)/b12-11+. The second-order valence-corrected chi connectivity index (χ2v) is 6.07. The molecule has 1 heterocycles. The van der Waals surface area contributed by atoms with Gasteiger partial charge in [0.15, 0.2) is 0 Å². The number of hydrogen-bond acceptors (Lipinski definition) is 3. The van der Waals surface area contributed by atoms with Gasteiger partial charge in [-0.15, -0.1) is 0 Å². The van der Waals surface area contributed by atoms with Gasteiger partial charge in [0, 0.05) is 37.1 Å². The molecule has 3 aromatic rings. The minimum Gasteiger partial charge on any atom is -0.493 e. The fourth-order valence-electron chi connectivity index (χ4n) is 2.67. The maximum Gasteiger partial charge on any atom is 0.244 e. The summed E-state index contributed by atoms with van der Waals surface area (Å²) in [4.78, 5) is 16.1. The minimum absolute atomic E-state index is 0.135. The molecule has 0 atom stereocenters. The molecular weight excluding hydrogens is 338 g/mol. The van der Waals surface area contributed by atoms with Gasteiger partial charge in [-0.3, -0.25) is 4.79 Å². The van der Waals surface area contributed by atoms with E-state index in [-0.39, 0.29) is 5.91 Å². The highest BCUT2D eigenvalue weighted by Crippen LogP contribution is 2.19. The van der Waals surface area contributed by atoms with E-state index in [2.05, 4.69) is 22.4 Å². The van der Waals surface area contributed by atoms with E-state index in [1.807, 2.05) is 54.1 Å². The quantitative estimate of drug-likeness (QED) is 0.623. The molecule has 0 saturated heterocycles. The summed E-state index contributed by atoms with van der Waals surface area (Å²) in [7, 11) is 0. The van der Waals surface area contributed by atoms with Gasteiger partial charge >= 0.3 is 0 Å². The summed E-state index contributed by atoms with van der Waals surface area (Å²) >= 11 is 0. The molecule has 0 aliphatic heterocycles. The number of carbonyl (C=O) groups excluding carboxylic acids is 1. The molecule has 0 unspecified atom stereocenters. The lowest BCUT2D eigenvalue weighted by molar-refractivity contribution is -0.116. The number of amides is 1. The van der Waals surface area contributed by atoms with Crippen molar-refractivity contribution in [2.75, 3.05) is 6.61 Å². The van der Waals surface area contributed by atoms with Crippen LogP contribution >= 0.6 is 0 Å². The molecule has 0 aliphatic carbocycles. The first-order chi connectivity index (χ1) is 13.2. The lowest BCUT2D eigenvalue weighted by Crippen LogP contribution is -2.20. The highest BCUT2D eigenvalue weighted by Gasteiger charge is 2.01. The summed E-state index contributed by atoms with van der Waals surface area (Å²) in [6, 6.07) is 15.8. The molecule has 0 aliphatic rings. The van der Waals surface area contributed by atoms with Crippen molar-refractivity contribution in [3.05, 3.63) is 90.0 Å². The van der Waals surface area contributed by atoms with Crippen LogP contribution in [0.4, 0.5) is 0 Å². The zero-order valence-electron chi connectivity index (χ0n) is 15.3. The number of benzene rings is 2. The monoisotopic (exact) mass is 361 g/mol. The zero-order chi connectivity index (χ0) is 18.9. The average molecular weight is 361 g/mol. The maximum absolute atomic E-state index is 12.1. The van der Waals surface area contributed by atoms with Crippen molar-refractivity contribution < 1.29 is 9.53 Å². The fraction of sp³-hybridized carbons (Fsp3) is 0.182. The lowest BCUT2D eigenvalue weighted by atomic mass is 10.1. The van der Waals surface area contributed by atoms with E-state index < -0.39 is 0 Å². The van der Waals surface area contributed by atoms with Crippen LogP contribution in [0.2, 0.25) is 0 Å². The van der Waals surface area contributed by atoms with Crippen LogP contribution in [0.3, 0.4) is 0 Å². The number of ether oxygens (including phenoxy) is 1. The van der Waals surface area contributed by atoms with Crippen LogP contribution in [0, 0.1) is 0 Å². The van der Waals surface area contributed by atoms with Crippen LogP contribution < -0.4 is 10.1 Å². The zero-order valence-corrected chi connectivity index (χ0v) is 15.3. The molecule has 3 rings (SSSR count). The van der Waals surface area contributed by atoms with Crippen LogP contribution in [-0.4, -0.2) is 22.1 Å².